The van der Waals surface area contributed by atoms with Crippen LogP contribution in [-0.2, 0) is 0 Å². The molecule has 5 heteroatoms. The number of amidine groups is 1. The van der Waals surface area contributed by atoms with Crippen LogP contribution in [0.2, 0.25) is 0 Å². The fourth-order valence-corrected chi connectivity index (χ4v) is 1.90. The van der Waals surface area contributed by atoms with Gasteiger partial charge in [-0.2, -0.15) is 0 Å². The zero-order valence-electron chi connectivity index (χ0n) is 11.6. The Morgan fingerprint density at radius 3 is 2.65 bits per heavy atom. The second kappa shape index (κ2) is 6.65. The Balaban J connectivity index is 2.36. The van der Waals surface area contributed by atoms with Gasteiger partial charge in [0.1, 0.15) is 11.5 Å². The molecule has 20 heavy (non-hydrogen) atoms. The Morgan fingerprint density at radius 2 is 2.00 bits per heavy atom. The smallest absolute Gasteiger partial charge is 0.230 e. The van der Waals surface area contributed by atoms with E-state index in [1.165, 1.54) is 0 Å². The second-order valence-corrected chi connectivity index (χ2v) is 4.50. The number of nitrogen functional groups attached to an aromatic ring is 1. The molecule has 1 aromatic heterocycles. The highest BCUT2D eigenvalue weighted by molar-refractivity contribution is 5.93. The van der Waals surface area contributed by atoms with Gasteiger partial charge in [0.2, 0.25) is 5.95 Å². The third-order valence-corrected chi connectivity index (χ3v) is 2.96. The third kappa shape index (κ3) is 3.32. The first kappa shape index (κ1) is 14.0. The van der Waals surface area contributed by atoms with Gasteiger partial charge in [-0.15, -0.1) is 0 Å². The number of hydrogen-bond acceptors (Lipinski definition) is 4. The molecular formula is C15H19N5. The highest BCUT2D eigenvalue weighted by atomic mass is 15.3. The van der Waals surface area contributed by atoms with Crippen LogP contribution in [0.25, 0.3) is 0 Å². The molecule has 0 fully saturated rings. The predicted octanol–water partition coefficient (Wildman–Crippen LogP) is 2.70. The van der Waals surface area contributed by atoms with Gasteiger partial charge >= 0.3 is 0 Å². The van der Waals surface area contributed by atoms with Crippen molar-refractivity contribution in [2.75, 3.05) is 11.4 Å². The van der Waals surface area contributed by atoms with Gasteiger partial charge in [0.05, 0.1) is 0 Å². The topological polar surface area (TPSA) is 78.9 Å². The fraction of sp³-hybridized carbons (Fsp3) is 0.267. The van der Waals surface area contributed by atoms with Gasteiger partial charge in [-0.3, -0.25) is 5.41 Å². The van der Waals surface area contributed by atoms with E-state index in [2.05, 4.69) is 21.8 Å². The van der Waals surface area contributed by atoms with E-state index in [1.54, 1.807) is 12.3 Å². The quantitative estimate of drug-likeness (QED) is 0.624. The van der Waals surface area contributed by atoms with E-state index < -0.39 is 0 Å². The van der Waals surface area contributed by atoms with Crippen LogP contribution in [0, 0.1) is 5.41 Å². The number of nitrogens with two attached hydrogens (primary N) is 1. The van der Waals surface area contributed by atoms with E-state index >= 15 is 0 Å². The van der Waals surface area contributed by atoms with Crippen LogP contribution < -0.4 is 10.6 Å². The first-order valence-electron chi connectivity index (χ1n) is 6.72. The fourth-order valence-electron chi connectivity index (χ4n) is 1.90. The number of rotatable bonds is 6. The Bertz CT molecular complexity index is 567. The van der Waals surface area contributed by atoms with Crippen molar-refractivity contribution < 1.29 is 0 Å². The Morgan fingerprint density at radius 1 is 1.25 bits per heavy atom. The van der Waals surface area contributed by atoms with Crippen molar-refractivity contribution in [2.24, 2.45) is 5.73 Å². The predicted molar refractivity (Wildman–Crippen MR) is 81.4 cm³/mol. The van der Waals surface area contributed by atoms with Gasteiger partial charge in [-0.1, -0.05) is 31.5 Å². The summed E-state index contributed by atoms with van der Waals surface area (Å²) in [6.45, 7) is 2.98. The molecule has 1 heterocycles. The van der Waals surface area contributed by atoms with Crippen LogP contribution in [0.1, 0.15) is 25.5 Å². The molecule has 0 saturated heterocycles. The van der Waals surface area contributed by atoms with Crippen LogP contribution in [0.15, 0.2) is 42.6 Å². The number of aromatic nitrogens is 2. The molecule has 0 atom stereocenters. The summed E-state index contributed by atoms with van der Waals surface area (Å²) >= 11 is 0. The van der Waals surface area contributed by atoms with E-state index in [0.29, 0.717) is 11.6 Å². The van der Waals surface area contributed by atoms with Crippen molar-refractivity contribution in [2.45, 2.75) is 19.8 Å². The standard InChI is InChI=1S/C15H19N5/c1-2-3-11-20(12-7-5-4-6-8-12)15-18-10-9-13(19-15)14(16)17/h4-10H,2-3,11H2,1H3,(H3,16,17). The molecule has 0 amide bonds. The number of benzene rings is 1. The van der Waals surface area contributed by atoms with Crippen molar-refractivity contribution in [1.82, 2.24) is 9.97 Å². The zero-order valence-corrected chi connectivity index (χ0v) is 11.6. The van der Waals surface area contributed by atoms with E-state index in [9.17, 15) is 0 Å². The highest BCUT2D eigenvalue weighted by Gasteiger charge is 2.12. The zero-order chi connectivity index (χ0) is 14.4. The summed E-state index contributed by atoms with van der Waals surface area (Å²) in [5.74, 6) is 0.537. The number of nitrogens with one attached hydrogen (secondary N) is 1. The Kier molecular flexibility index (Phi) is 4.65. The minimum absolute atomic E-state index is 0.0443. The number of hydrogen-bond donors (Lipinski definition) is 2. The molecular weight excluding hydrogens is 250 g/mol. The normalized spacial score (nSPS) is 10.2. The van der Waals surface area contributed by atoms with E-state index in [1.807, 2.05) is 30.3 Å². The number of unbranched alkanes of at least 4 members (excludes halogenated alkanes) is 1. The van der Waals surface area contributed by atoms with E-state index in [-0.39, 0.29) is 5.84 Å². The second-order valence-electron chi connectivity index (χ2n) is 4.50. The molecule has 0 bridgehead atoms. The average molecular weight is 269 g/mol. The molecule has 0 unspecified atom stereocenters. The molecule has 3 N–H and O–H groups in total. The lowest BCUT2D eigenvalue weighted by Crippen LogP contribution is -2.22. The first-order chi connectivity index (χ1) is 9.72. The summed E-state index contributed by atoms with van der Waals surface area (Å²) in [4.78, 5) is 10.7. The van der Waals surface area contributed by atoms with Crippen molar-refractivity contribution in [1.29, 1.82) is 5.41 Å². The van der Waals surface area contributed by atoms with Crippen molar-refractivity contribution in [3.63, 3.8) is 0 Å². The molecule has 0 saturated carbocycles. The van der Waals surface area contributed by atoms with Gasteiger partial charge in [0.25, 0.3) is 0 Å². The molecule has 1 aromatic carbocycles. The summed E-state index contributed by atoms with van der Waals surface area (Å²) < 4.78 is 0. The summed E-state index contributed by atoms with van der Waals surface area (Å²) in [6.07, 6.45) is 3.78. The van der Waals surface area contributed by atoms with Crippen molar-refractivity contribution in [3.8, 4) is 0 Å². The maximum absolute atomic E-state index is 7.48. The van der Waals surface area contributed by atoms with Crippen LogP contribution in [0.3, 0.4) is 0 Å². The maximum atomic E-state index is 7.48. The summed E-state index contributed by atoms with van der Waals surface area (Å²) in [6, 6.07) is 11.7. The first-order valence-corrected chi connectivity index (χ1v) is 6.72. The lowest BCUT2D eigenvalue weighted by Gasteiger charge is -2.22. The third-order valence-electron chi connectivity index (χ3n) is 2.96. The van der Waals surface area contributed by atoms with Gasteiger partial charge < -0.3 is 10.6 Å². The molecule has 104 valence electrons. The molecule has 0 aliphatic carbocycles. The Labute approximate surface area is 119 Å². The van der Waals surface area contributed by atoms with Gasteiger partial charge in [-0.25, -0.2) is 9.97 Å². The Hall–Kier alpha value is -2.43. The highest BCUT2D eigenvalue weighted by Crippen LogP contribution is 2.22. The van der Waals surface area contributed by atoms with Gasteiger partial charge in [0.15, 0.2) is 0 Å². The van der Waals surface area contributed by atoms with E-state index in [4.69, 9.17) is 11.1 Å². The summed E-state index contributed by atoms with van der Waals surface area (Å²) in [5, 5.41) is 7.48. The molecule has 5 nitrogen and oxygen atoms in total. The van der Waals surface area contributed by atoms with E-state index in [0.717, 1.165) is 25.1 Å². The van der Waals surface area contributed by atoms with Crippen LogP contribution >= 0.6 is 0 Å². The van der Waals surface area contributed by atoms with Crippen LogP contribution in [0.5, 0.6) is 0 Å². The number of para-hydroxylation sites is 1. The SMILES string of the molecule is CCCCN(c1ccccc1)c1nccc(C(=N)N)n1. The monoisotopic (exact) mass is 269 g/mol. The van der Waals surface area contributed by atoms with Crippen LogP contribution in [0.4, 0.5) is 11.6 Å². The lowest BCUT2D eigenvalue weighted by molar-refractivity contribution is 0.770. The van der Waals surface area contributed by atoms with Crippen LogP contribution in [-0.4, -0.2) is 22.3 Å². The summed E-state index contributed by atoms with van der Waals surface area (Å²) in [5.41, 5.74) is 6.99. The molecule has 0 radical (unpaired) electrons. The van der Waals surface area contributed by atoms with Gasteiger partial charge in [-0.05, 0) is 24.6 Å². The largest absolute Gasteiger partial charge is 0.382 e. The number of nitrogens with zero attached hydrogens (tertiary/aromatic N) is 3. The minimum atomic E-state index is -0.0443. The average Bonchev–Trinajstić information content (AvgIpc) is 2.49. The molecule has 0 aliphatic heterocycles. The minimum Gasteiger partial charge on any atom is -0.382 e. The maximum Gasteiger partial charge on any atom is 0.230 e. The van der Waals surface area contributed by atoms with Crippen molar-refractivity contribution in [3.05, 3.63) is 48.3 Å². The molecule has 2 aromatic rings. The molecule has 2 rings (SSSR count). The lowest BCUT2D eigenvalue weighted by atomic mass is 10.2. The van der Waals surface area contributed by atoms with Gasteiger partial charge in [0, 0.05) is 18.4 Å². The summed E-state index contributed by atoms with van der Waals surface area (Å²) in [7, 11) is 0. The van der Waals surface area contributed by atoms with Crippen molar-refractivity contribution >= 4 is 17.5 Å². The molecule has 0 aliphatic rings. The molecule has 0 spiro atoms. The number of anilines is 2.